The smallest absolute Gasteiger partial charge is 0.317 e. The van der Waals surface area contributed by atoms with E-state index in [9.17, 15) is 9.59 Å². The minimum Gasteiger partial charge on any atom is -0.467 e. The Morgan fingerprint density at radius 3 is 2.56 bits per heavy atom. The van der Waals surface area contributed by atoms with E-state index in [1.54, 1.807) is 6.07 Å². The summed E-state index contributed by atoms with van der Waals surface area (Å²) in [6.45, 7) is 6.33. The van der Waals surface area contributed by atoms with Crippen molar-refractivity contribution in [2.75, 3.05) is 45.9 Å². The van der Waals surface area contributed by atoms with Crippen LogP contribution in [0.1, 0.15) is 29.0 Å². The second-order valence-corrected chi connectivity index (χ2v) is 6.67. The van der Waals surface area contributed by atoms with Gasteiger partial charge in [0.05, 0.1) is 12.1 Å². The molecule has 3 heterocycles. The maximum Gasteiger partial charge on any atom is 0.317 e. The van der Waals surface area contributed by atoms with Gasteiger partial charge in [0.1, 0.15) is 12.0 Å². The number of primary amides is 1. The third-order valence-electron chi connectivity index (χ3n) is 4.87. The van der Waals surface area contributed by atoms with Gasteiger partial charge in [0.2, 0.25) is 0 Å². The second-order valence-electron chi connectivity index (χ2n) is 6.67. The summed E-state index contributed by atoms with van der Waals surface area (Å²) in [5, 5.41) is 2.82. The lowest BCUT2D eigenvalue weighted by molar-refractivity contribution is 0.0452. The van der Waals surface area contributed by atoms with E-state index in [4.69, 9.17) is 14.9 Å². The van der Waals surface area contributed by atoms with Crippen LogP contribution in [0.15, 0.2) is 16.7 Å². The number of carbonyl (C=O) groups excluding carboxylic acids is 2. The lowest BCUT2D eigenvalue weighted by Gasteiger charge is -2.37. The number of rotatable bonds is 5. The Hall–Kier alpha value is -2.06. The number of urea groups is 1. The monoisotopic (exact) mass is 350 g/mol. The number of amides is 3. The van der Waals surface area contributed by atoms with Crippen molar-refractivity contribution in [3.63, 3.8) is 0 Å². The Morgan fingerprint density at radius 1 is 1.20 bits per heavy atom. The van der Waals surface area contributed by atoms with Gasteiger partial charge in [-0.3, -0.25) is 9.69 Å². The van der Waals surface area contributed by atoms with Crippen molar-refractivity contribution >= 4 is 11.9 Å². The first-order chi connectivity index (χ1) is 12.1. The lowest BCUT2D eigenvalue weighted by atomic mass is 9.99. The molecule has 1 aromatic heterocycles. The van der Waals surface area contributed by atoms with E-state index in [1.807, 2.05) is 4.90 Å². The molecule has 25 heavy (non-hydrogen) atoms. The van der Waals surface area contributed by atoms with Gasteiger partial charge in [-0.2, -0.15) is 0 Å². The molecule has 138 valence electrons. The van der Waals surface area contributed by atoms with Gasteiger partial charge >= 0.3 is 6.03 Å². The molecule has 0 bridgehead atoms. The van der Waals surface area contributed by atoms with Crippen molar-refractivity contribution in [3.05, 3.63) is 23.7 Å². The summed E-state index contributed by atoms with van der Waals surface area (Å²) in [6, 6.07) is 1.44. The molecule has 2 fully saturated rings. The predicted molar refractivity (Wildman–Crippen MR) is 91.0 cm³/mol. The van der Waals surface area contributed by atoms with E-state index < -0.39 is 5.91 Å². The van der Waals surface area contributed by atoms with E-state index in [2.05, 4.69) is 10.2 Å². The number of hydrogen-bond acceptors (Lipinski definition) is 5. The molecular formula is C17H26N4O4. The van der Waals surface area contributed by atoms with Crippen LogP contribution in [-0.4, -0.2) is 67.7 Å². The fourth-order valence-corrected chi connectivity index (χ4v) is 3.30. The van der Waals surface area contributed by atoms with E-state index >= 15 is 0 Å². The number of furan rings is 1. The fourth-order valence-electron chi connectivity index (χ4n) is 3.30. The van der Waals surface area contributed by atoms with Crippen molar-refractivity contribution in [2.45, 2.75) is 19.4 Å². The molecule has 1 aromatic rings. The molecule has 0 saturated carbocycles. The molecule has 0 atom stereocenters. The molecule has 0 aromatic carbocycles. The van der Waals surface area contributed by atoms with Crippen LogP contribution in [0, 0.1) is 5.92 Å². The largest absolute Gasteiger partial charge is 0.467 e. The first-order valence-corrected chi connectivity index (χ1v) is 8.82. The van der Waals surface area contributed by atoms with Gasteiger partial charge in [-0.1, -0.05) is 0 Å². The molecule has 8 heteroatoms. The SMILES string of the molecule is NC(=O)c1coc(CNC(=O)N2CCN(CC3CCOCC3)CC2)c1. The Morgan fingerprint density at radius 2 is 1.92 bits per heavy atom. The normalized spacial score (nSPS) is 19.8. The standard InChI is InChI=1S/C17H26N4O4/c18-16(22)14-9-15(25-12-14)10-19-17(23)21-5-3-20(4-6-21)11-13-1-7-24-8-2-13/h9,12-13H,1-8,10-11H2,(H2,18,22)(H,19,23). The molecule has 3 N–H and O–H groups in total. The third-order valence-corrected chi connectivity index (χ3v) is 4.87. The zero-order valence-corrected chi connectivity index (χ0v) is 14.4. The zero-order valence-electron chi connectivity index (χ0n) is 14.4. The maximum absolute atomic E-state index is 12.3. The molecule has 2 aliphatic heterocycles. The topological polar surface area (TPSA) is 101 Å². The molecule has 0 radical (unpaired) electrons. The van der Waals surface area contributed by atoms with Crippen LogP contribution in [0.2, 0.25) is 0 Å². The van der Waals surface area contributed by atoms with Gasteiger partial charge in [0.25, 0.3) is 5.91 Å². The number of nitrogens with one attached hydrogen (secondary N) is 1. The Kier molecular flexibility index (Phi) is 5.93. The minimum atomic E-state index is -0.540. The Labute approximate surface area is 147 Å². The number of hydrogen-bond donors (Lipinski definition) is 2. The highest BCUT2D eigenvalue weighted by Crippen LogP contribution is 2.17. The van der Waals surface area contributed by atoms with Crippen LogP contribution in [0.25, 0.3) is 0 Å². The second kappa shape index (κ2) is 8.35. The molecule has 3 amide bonds. The average molecular weight is 350 g/mol. The van der Waals surface area contributed by atoms with Gasteiger partial charge in [-0.05, 0) is 24.8 Å². The van der Waals surface area contributed by atoms with Gasteiger partial charge < -0.3 is 25.1 Å². The summed E-state index contributed by atoms with van der Waals surface area (Å²) in [5.74, 6) is 0.690. The fraction of sp³-hybridized carbons (Fsp3) is 0.647. The van der Waals surface area contributed by atoms with Gasteiger partial charge in [-0.15, -0.1) is 0 Å². The van der Waals surface area contributed by atoms with Gasteiger partial charge in [-0.25, -0.2) is 4.79 Å². The molecule has 2 aliphatic rings. The molecule has 0 unspecified atom stereocenters. The quantitative estimate of drug-likeness (QED) is 0.811. The minimum absolute atomic E-state index is 0.109. The molecular weight excluding hydrogens is 324 g/mol. The highest BCUT2D eigenvalue weighted by molar-refractivity contribution is 5.92. The molecule has 0 spiro atoms. The summed E-state index contributed by atoms with van der Waals surface area (Å²) < 4.78 is 10.6. The predicted octanol–water partition coefficient (Wildman–Crippen LogP) is 0.632. The van der Waals surface area contributed by atoms with E-state index in [1.165, 1.54) is 6.26 Å². The summed E-state index contributed by atoms with van der Waals surface area (Å²) in [7, 11) is 0. The van der Waals surface area contributed by atoms with Crippen LogP contribution in [0.3, 0.4) is 0 Å². The number of piperazine rings is 1. The van der Waals surface area contributed by atoms with Crippen molar-refractivity contribution in [3.8, 4) is 0 Å². The summed E-state index contributed by atoms with van der Waals surface area (Å²) >= 11 is 0. The van der Waals surface area contributed by atoms with Crippen LogP contribution >= 0.6 is 0 Å². The first kappa shape index (κ1) is 17.8. The highest BCUT2D eigenvalue weighted by Gasteiger charge is 2.24. The van der Waals surface area contributed by atoms with E-state index in [0.29, 0.717) is 17.2 Å². The van der Waals surface area contributed by atoms with Crippen molar-refractivity contribution in [1.82, 2.24) is 15.1 Å². The van der Waals surface area contributed by atoms with Crippen LogP contribution in [0.5, 0.6) is 0 Å². The van der Waals surface area contributed by atoms with Crippen LogP contribution in [-0.2, 0) is 11.3 Å². The number of nitrogens with zero attached hydrogens (tertiary/aromatic N) is 2. The molecule has 8 nitrogen and oxygen atoms in total. The average Bonchev–Trinajstić information content (AvgIpc) is 3.11. The number of carbonyl (C=O) groups is 2. The molecule has 2 saturated heterocycles. The number of nitrogens with two attached hydrogens (primary N) is 1. The van der Waals surface area contributed by atoms with Crippen LogP contribution in [0.4, 0.5) is 4.79 Å². The lowest BCUT2D eigenvalue weighted by Crippen LogP contribution is -2.52. The Bertz CT molecular complexity index is 589. The van der Waals surface area contributed by atoms with Gasteiger partial charge in [0.15, 0.2) is 0 Å². The molecule has 3 rings (SSSR count). The number of ether oxygens (including phenoxy) is 1. The maximum atomic E-state index is 12.3. The molecule has 0 aliphatic carbocycles. The summed E-state index contributed by atoms with van der Waals surface area (Å²) in [5.41, 5.74) is 5.48. The summed E-state index contributed by atoms with van der Waals surface area (Å²) in [4.78, 5) is 27.5. The first-order valence-electron chi connectivity index (χ1n) is 8.82. The van der Waals surface area contributed by atoms with Crippen molar-refractivity contribution < 1.29 is 18.7 Å². The third kappa shape index (κ3) is 4.96. The van der Waals surface area contributed by atoms with Gasteiger partial charge in [0, 0.05) is 45.9 Å². The van der Waals surface area contributed by atoms with Crippen molar-refractivity contribution in [2.24, 2.45) is 11.7 Å². The highest BCUT2D eigenvalue weighted by atomic mass is 16.5. The van der Waals surface area contributed by atoms with E-state index in [0.717, 1.165) is 58.8 Å². The van der Waals surface area contributed by atoms with E-state index in [-0.39, 0.29) is 12.6 Å². The zero-order chi connectivity index (χ0) is 17.6. The Balaban J connectivity index is 1.38. The summed E-state index contributed by atoms with van der Waals surface area (Å²) in [6.07, 6.45) is 3.58. The van der Waals surface area contributed by atoms with Crippen LogP contribution < -0.4 is 11.1 Å². The van der Waals surface area contributed by atoms with Crippen molar-refractivity contribution in [1.29, 1.82) is 0 Å².